The molecule has 106 valence electrons. The smallest absolute Gasteiger partial charge is 0.326 e. The van der Waals surface area contributed by atoms with E-state index < -0.39 is 17.9 Å². The molecule has 8 heteroatoms. The van der Waals surface area contributed by atoms with Crippen LogP contribution >= 0.6 is 23.4 Å². The molecule has 0 aromatic carbocycles. The summed E-state index contributed by atoms with van der Waals surface area (Å²) in [4.78, 5) is 23.0. The van der Waals surface area contributed by atoms with Gasteiger partial charge in [0.2, 0.25) is 0 Å². The molecule has 1 rings (SSSR count). The lowest BCUT2D eigenvalue weighted by atomic mass is 10.2. The molecule has 0 bridgehead atoms. The Hall–Kier alpha value is -1.21. The second-order valence-corrected chi connectivity index (χ2v) is 5.38. The van der Waals surface area contributed by atoms with Gasteiger partial charge in [0, 0.05) is 7.05 Å². The van der Waals surface area contributed by atoms with Crippen molar-refractivity contribution < 1.29 is 14.7 Å². The zero-order valence-electron chi connectivity index (χ0n) is 10.9. The average molecular weight is 306 g/mol. The summed E-state index contributed by atoms with van der Waals surface area (Å²) in [6.07, 6.45) is 2.23. The van der Waals surface area contributed by atoms with E-state index in [2.05, 4.69) is 10.4 Å². The van der Waals surface area contributed by atoms with Gasteiger partial charge >= 0.3 is 5.97 Å². The molecule has 6 nitrogen and oxygen atoms in total. The lowest BCUT2D eigenvalue weighted by Crippen LogP contribution is -2.41. The van der Waals surface area contributed by atoms with Crippen LogP contribution in [0.1, 0.15) is 22.6 Å². The maximum atomic E-state index is 12.0. The number of hydrogen-bond donors (Lipinski definition) is 2. The van der Waals surface area contributed by atoms with Gasteiger partial charge in [-0.1, -0.05) is 11.6 Å². The minimum Gasteiger partial charge on any atom is -0.480 e. The predicted octanol–water partition coefficient (Wildman–Crippen LogP) is 1.32. The Morgan fingerprint density at radius 1 is 1.58 bits per heavy atom. The zero-order valence-corrected chi connectivity index (χ0v) is 12.5. The van der Waals surface area contributed by atoms with Crippen LogP contribution in [0, 0.1) is 6.92 Å². The number of hydrogen-bond acceptors (Lipinski definition) is 4. The zero-order chi connectivity index (χ0) is 14.6. The number of amides is 1. The molecule has 0 spiro atoms. The molecular formula is C11H16ClN3O3S. The van der Waals surface area contributed by atoms with Crippen molar-refractivity contribution in [1.82, 2.24) is 15.1 Å². The van der Waals surface area contributed by atoms with Crippen LogP contribution in [0.5, 0.6) is 0 Å². The van der Waals surface area contributed by atoms with E-state index in [-0.39, 0.29) is 10.7 Å². The quantitative estimate of drug-likeness (QED) is 0.828. The van der Waals surface area contributed by atoms with Crippen LogP contribution in [-0.4, -0.2) is 44.8 Å². The standard InChI is InChI=1S/C11H16ClN3O3S/c1-6-8(12)9(14-15(6)2)10(16)13-7(11(17)18)4-5-19-3/h7H,4-5H2,1-3H3,(H,13,16)(H,17,18)/t7-/m0/s1. The van der Waals surface area contributed by atoms with E-state index >= 15 is 0 Å². The third-order valence-electron chi connectivity index (χ3n) is 2.69. The highest BCUT2D eigenvalue weighted by molar-refractivity contribution is 7.98. The second kappa shape index (κ2) is 6.81. The Balaban J connectivity index is 2.81. The van der Waals surface area contributed by atoms with Crippen LogP contribution in [0.2, 0.25) is 5.02 Å². The monoisotopic (exact) mass is 305 g/mol. The van der Waals surface area contributed by atoms with Gasteiger partial charge in [-0.05, 0) is 25.4 Å². The molecule has 0 radical (unpaired) electrons. The minimum absolute atomic E-state index is 0.0528. The molecule has 0 fully saturated rings. The van der Waals surface area contributed by atoms with Gasteiger partial charge in [-0.2, -0.15) is 16.9 Å². The Labute approximate surface area is 120 Å². The first-order valence-electron chi connectivity index (χ1n) is 5.60. The summed E-state index contributed by atoms with van der Waals surface area (Å²) in [6, 6.07) is -0.932. The van der Waals surface area contributed by atoms with Crippen molar-refractivity contribution in [3.63, 3.8) is 0 Å². The first-order chi connectivity index (χ1) is 8.88. The van der Waals surface area contributed by atoms with Crippen LogP contribution in [0.3, 0.4) is 0 Å². The lowest BCUT2D eigenvalue weighted by molar-refractivity contribution is -0.139. The van der Waals surface area contributed by atoms with Crippen molar-refractivity contribution in [3.05, 3.63) is 16.4 Å². The Morgan fingerprint density at radius 3 is 2.63 bits per heavy atom. The van der Waals surface area contributed by atoms with E-state index in [4.69, 9.17) is 16.7 Å². The predicted molar refractivity (Wildman–Crippen MR) is 74.8 cm³/mol. The van der Waals surface area contributed by atoms with Gasteiger partial charge in [0.25, 0.3) is 5.91 Å². The van der Waals surface area contributed by atoms with Crippen molar-refractivity contribution in [3.8, 4) is 0 Å². The van der Waals surface area contributed by atoms with Crippen LogP contribution in [-0.2, 0) is 11.8 Å². The van der Waals surface area contributed by atoms with E-state index in [0.29, 0.717) is 17.9 Å². The summed E-state index contributed by atoms with van der Waals surface area (Å²) in [7, 11) is 1.67. The number of thioether (sulfide) groups is 1. The van der Waals surface area contributed by atoms with Crippen LogP contribution in [0.4, 0.5) is 0 Å². The van der Waals surface area contributed by atoms with E-state index in [1.807, 2.05) is 6.26 Å². The molecule has 1 heterocycles. The van der Waals surface area contributed by atoms with Gasteiger partial charge in [0.05, 0.1) is 10.7 Å². The molecule has 0 aliphatic carbocycles. The number of carboxylic acids is 1. The van der Waals surface area contributed by atoms with Gasteiger partial charge in [0.15, 0.2) is 5.69 Å². The number of nitrogens with zero attached hydrogens (tertiary/aromatic N) is 2. The molecule has 0 aliphatic rings. The number of nitrogens with one attached hydrogen (secondary N) is 1. The van der Waals surface area contributed by atoms with E-state index in [1.165, 1.54) is 16.4 Å². The number of carbonyl (C=O) groups excluding carboxylic acids is 1. The molecular weight excluding hydrogens is 290 g/mol. The largest absolute Gasteiger partial charge is 0.480 e. The van der Waals surface area contributed by atoms with Gasteiger partial charge in [-0.25, -0.2) is 4.79 Å². The first kappa shape index (κ1) is 15.8. The summed E-state index contributed by atoms with van der Waals surface area (Å²) >= 11 is 7.50. The fourth-order valence-electron chi connectivity index (χ4n) is 1.45. The highest BCUT2D eigenvalue weighted by atomic mass is 35.5. The number of aryl methyl sites for hydroxylation is 1. The van der Waals surface area contributed by atoms with Crippen LogP contribution < -0.4 is 5.32 Å². The molecule has 2 N–H and O–H groups in total. The summed E-state index contributed by atoms with van der Waals surface area (Å²) in [5.41, 5.74) is 0.708. The third kappa shape index (κ3) is 3.87. The molecule has 0 saturated carbocycles. The molecule has 1 atom stereocenters. The van der Waals surface area contributed by atoms with Crippen molar-refractivity contribution in [2.75, 3.05) is 12.0 Å². The van der Waals surface area contributed by atoms with Gasteiger partial charge in [-0.3, -0.25) is 9.48 Å². The van der Waals surface area contributed by atoms with E-state index in [0.717, 1.165) is 0 Å². The fourth-order valence-corrected chi connectivity index (χ4v) is 2.16. The molecule has 1 amide bonds. The maximum Gasteiger partial charge on any atom is 0.326 e. The molecule has 0 saturated heterocycles. The fraction of sp³-hybridized carbons (Fsp3) is 0.545. The summed E-state index contributed by atoms with van der Waals surface area (Å²) in [6.45, 7) is 1.73. The lowest BCUT2D eigenvalue weighted by Gasteiger charge is -2.12. The maximum absolute atomic E-state index is 12.0. The number of carboxylic acid groups (broad SMARTS) is 1. The molecule has 1 aromatic rings. The molecule has 0 aliphatic heterocycles. The molecule has 19 heavy (non-hydrogen) atoms. The van der Waals surface area contributed by atoms with E-state index in [1.54, 1.807) is 14.0 Å². The van der Waals surface area contributed by atoms with Crippen molar-refractivity contribution in [2.45, 2.75) is 19.4 Å². The highest BCUT2D eigenvalue weighted by Crippen LogP contribution is 2.19. The Bertz CT molecular complexity index is 490. The van der Waals surface area contributed by atoms with Crippen molar-refractivity contribution in [1.29, 1.82) is 0 Å². The van der Waals surface area contributed by atoms with Crippen LogP contribution in [0.25, 0.3) is 0 Å². The molecule has 0 unspecified atom stereocenters. The Morgan fingerprint density at radius 2 is 2.21 bits per heavy atom. The summed E-state index contributed by atoms with van der Waals surface area (Å²) in [5.74, 6) is -0.986. The molecule has 1 aromatic heterocycles. The van der Waals surface area contributed by atoms with Crippen molar-refractivity contribution >= 4 is 35.2 Å². The number of rotatable bonds is 6. The number of carbonyl (C=O) groups is 2. The average Bonchev–Trinajstić information content (AvgIpc) is 2.61. The normalized spacial score (nSPS) is 12.2. The van der Waals surface area contributed by atoms with Gasteiger partial charge in [-0.15, -0.1) is 0 Å². The number of aromatic nitrogens is 2. The van der Waals surface area contributed by atoms with Gasteiger partial charge < -0.3 is 10.4 Å². The summed E-state index contributed by atoms with van der Waals surface area (Å²) < 4.78 is 1.48. The highest BCUT2D eigenvalue weighted by Gasteiger charge is 2.24. The Kier molecular flexibility index (Phi) is 5.68. The summed E-state index contributed by atoms with van der Waals surface area (Å²) in [5, 5.41) is 15.7. The van der Waals surface area contributed by atoms with Crippen LogP contribution in [0.15, 0.2) is 0 Å². The topological polar surface area (TPSA) is 84.2 Å². The van der Waals surface area contributed by atoms with Gasteiger partial charge in [0.1, 0.15) is 6.04 Å². The number of halogens is 1. The number of aliphatic carboxylic acids is 1. The van der Waals surface area contributed by atoms with E-state index in [9.17, 15) is 9.59 Å². The SMILES string of the molecule is CSCC[C@H](NC(=O)c1nn(C)c(C)c1Cl)C(=O)O. The minimum atomic E-state index is -1.06. The third-order valence-corrected chi connectivity index (χ3v) is 3.79. The van der Waals surface area contributed by atoms with Crippen molar-refractivity contribution in [2.24, 2.45) is 7.05 Å². The second-order valence-electron chi connectivity index (χ2n) is 4.02. The first-order valence-corrected chi connectivity index (χ1v) is 7.37.